The normalized spacial score (nSPS) is 10.3. The van der Waals surface area contributed by atoms with E-state index in [-0.39, 0.29) is 5.91 Å². The van der Waals surface area contributed by atoms with Gasteiger partial charge in [-0.25, -0.2) is 0 Å². The zero-order chi connectivity index (χ0) is 11.5. The number of carbonyl (C=O) groups is 1. The van der Waals surface area contributed by atoms with Crippen LogP contribution in [0.15, 0.2) is 0 Å². The molecule has 0 fully saturated rings. The lowest BCUT2D eigenvalue weighted by Gasteiger charge is -2.10. The summed E-state index contributed by atoms with van der Waals surface area (Å²) in [5.41, 5.74) is 0. The molecule has 0 bridgehead atoms. The Morgan fingerprint density at radius 2 is 1.87 bits per heavy atom. The van der Waals surface area contributed by atoms with Gasteiger partial charge in [-0.15, -0.1) is 0 Å². The SMILES string of the molecule is CCCCOCOCCCN(Cl)C(C)=O. The highest BCUT2D eigenvalue weighted by Crippen LogP contribution is 1.97. The second-order valence-electron chi connectivity index (χ2n) is 3.25. The summed E-state index contributed by atoms with van der Waals surface area (Å²) in [6, 6.07) is 0. The van der Waals surface area contributed by atoms with Crippen LogP contribution in [0.1, 0.15) is 33.1 Å². The first-order chi connectivity index (χ1) is 7.18. The zero-order valence-electron chi connectivity index (χ0n) is 9.50. The fourth-order valence-electron chi connectivity index (χ4n) is 0.886. The van der Waals surface area contributed by atoms with Gasteiger partial charge in [-0.1, -0.05) is 13.3 Å². The highest BCUT2D eigenvalue weighted by Gasteiger charge is 2.02. The molecule has 0 aromatic heterocycles. The van der Waals surface area contributed by atoms with E-state index in [0.717, 1.165) is 30.3 Å². The van der Waals surface area contributed by atoms with Gasteiger partial charge in [0.2, 0.25) is 5.91 Å². The maximum Gasteiger partial charge on any atom is 0.233 e. The van der Waals surface area contributed by atoms with Crippen molar-refractivity contribution in [1.82, 2.24) is 4.42 Å². The second-order valence-corrected chi connectivity index (χ2v) is 3.65. The minimum absolute atomic E-state index is 0.143. The lowest BCUT2D eigenvalue weighted by Crippen LogP contribution is -2.20. The van der Waals surface area contributed by atoms with Crippen molar-refractivity contribution < 1.29 is 14.3 Å². The molecule has 0 N–H and O–H groups in total. The van der Waals surface area contributed by atoms with Crippen LogP contribution in [-0.4, -0.2) is 36.9 Å². The first-order valence-corrected chi connectivity index (χ1v) is 5.61. The van der Waals surface area contributed by atoms with E-state index < -0.39 is 0 Å². The standard InChI is InChI=1S/C10H20ClNO3/c1-3-4-7-14-9-15-8-5-6-12(11)10(2)13/h3-9H2,1-2H3. The number of amides is 1. The molecule has 0 rings (SSSR count). The number of hydrogen-bond acceptors (Lipinski definition) is 3. The van der Waals surface area contributed by atoms with Gasteiger partial charge in [-0.05, 0) is 12.8 Å². The third-order valence-corrected chi connectivity index (χ3v) is 2.20. The van der Waals surface area contributed by atoms with Crippen LogP contribution in [-0.2, 0) is 14.3 Å². The van der Waals surface area contributed by atoms with Gasteiger partial charge in [0.1, 0.15) is 6.79 Å². The Morgan fingerprint density at radius 3 is 2.40 bits per heavy atom. The predicted molar refractivity (Wildman–Crippen MR) is 59.5 cm³/mol. The lowest BCUT2D eigenvalue weighted by atomic mass is 10.4. The molecule has 4 nitrogen and oxygen atoms in total. The molecule has 0 atom stereocenters. The Kier molecular flexibility index (Phi) is 9.99. The quantitative estimate of drug-likeness (QED) is 0.351. The first kappa shape index (κ1) is 14.7. The highest BCUT2D eigenvalue weighted by atomic mass is 35.5. The van der Waals surface area contributed by atoms with Crippen LogP contribution in [0.4, 0.5) is 0 Å². The maximum atomic E-state index is 10.7. The van der Waals surface area contributed by atoms with Crippen LogP contribution in [0.25, 0.3) is 0 Å². The largest absolute Gasteiger partial charge is 0.355 e. The number of unbranched alkanes of at least 4 members (excludes halogenated alkanes) is 1. The van der Waals surface area contributed by atoms with E-state index >= 15 is 0 Å². The Hall–Kier alpha value is -0.320. The monoisotopic (exact) mass is 237 g/mol. The maximum absolute atomic E-state index is 10.7. The summed E-state index contributed by atoms with van der Waals surface area (Å²) in [7, 11) is 0. The van der Waals surface area contributed by atoms with Crippen LogP contribution in [0.5, 0.6) is 0 Å². The van der Waals surface area contributed by atoms with Crippen molar-refractivity contribution in [3.63, 3.8) is 0 Å². The van der Waals surface area contributed by atoms with Gasteiger partial charge in [-0.3, -0.25) is 9.21 Å². The molecule has 0 radical (unpaired) electrons. The summed E-state index contributed by atoms with van der Waals surface area (Å²) in [6.45, 7) is 5.67. The van der Waals surface area contributed by atoms with Crippen LogP contribution in [0.2, 0.25) is 0 Å². The Bertz CT molecular complexity index is 167. The second kappa shape index (κ2) is 10.2. The Balaban J connectivity index is 3.08. The summed E-state index contributed by atoms with van der Waals surface area (Å²) in [6.07, 6.45) is 2.91. The molecule has 90 valence electrons. The summed E-state index contributed by atoms with van der Waals surface area (Å²) in [5, 5.41) is 0. The number of ether oxygens (including phenoxy) is 2. The van der Waals surface area contributed by atoms with Crippen molar-refractivity contribution in [2.75, 3.05) is 26.6 Å². The van der Waals surface area contributed by atoms with Crippen LogP contribution in [0.3, 0.4) is 0 Å². The first-order valence-electron chi connectivity index (χ1n) is 5.27. The number of nitrogens with zero attached hydrogens (tertiary/aromatic N) is 1. The summed E-state index contributed by atoms with van der Waals surface area (Å²) in [4.78, 5) is 10.7. The van der Waals surface area contributed by atoms with Crippen molar-refractivity contribution in [2.45, 2.75) is 33.1 Å². The van der Waals surface area contributed by atoms with Crippen LogP contribution < -0.4 is 0 Å². The number of rotatable bonds is 9. The van der Waals surface area contributed by atoms with E-state index in [2.05, 4.69) is 6.92 Å². The molecule has 5 heteroatoms. The van der Waals surface area contributed by atoms with Crippen molar-refractivity contribution in [3.05, 3.63) is 0 Å². The summed E-state index contributed by atoms with van der Waals surface area (Å²) in [5.74, 6) is -0.143. The topological polar surface area (TPSA) is 38.8 Å². The van der Waals surface area contributed by atoms with E-state index in [4.69, 9.17) is 21.3 Å². The molecular formula is C10H20ClNO3. The van der Waals surface area contributed by atoms with Crippen molar-refractivity contribution >= 4 is 17.7 Å². The van der Waals surface area contributed by atoms with Gasteiger partial charge in [-0.2, -0.15) is 0 Å². The van der Waals surface area contributed by atoms with Gasteiger partial charge >= 0.3 is 0 Å². The zero-order valence-corrected chi connectivity index (χ0v) is 10.3. The van der Waals surface area contributed by atoms with Gasteiger partial charge in [0, 0.05) is 31.9 Å². The Labute approximate surface area is 96.6 Å². The van der Waals surface area contributed by atoms with E-state index in [9.17, 15) is 4.79 Å². The molecular weight excluding hydrogens is 218 g/mol. The van der Waals surface area contributed by atoms with E-state index in [1.165, 1.54) is 6.92 Å². The van der Waals surface area contributed by atoms with Crippen molar-refractivity contribution in [2.24, 2.45) is 0 Å². The minimum Gasteiger partial charge on any atom is -0.355 e. The van der Waals surface area contributed by atoms with E-state index in [0.29, 0.717) is 19.9 Å². The average Bonchev–Trinajstić information content (AvgIpc) is 2.21. The molecule has 0 aliphatic heterocycles. The van der Waals surface area contributed by atoms with Crippen LogP contribution in [0, 0.1) is 0 Å². The van der Waals surface area contributed by atoms with Gasteiger partial charge in [0.15, 0.2) is 0 Å². The fourth-order valence-corrected chi connectivity index (χ4v) is 1.01. The summed E-state index contributed by atoms with van der Waals surface area (Å²) >= 11 is 5.59. The lowest BCUT2D eigenvalue weighted by molar-refractivity contribution is -0.124. The molecule has 0 aromatic rings. The average molecular weight is 238 g/mol. The van der Waals surface area contributed by atoms with Crippen molar-refractivity contribution in [3.8, 4) is 0 Å². The van der Waals surface area contributed by atoms with Crippen LogP contribution >= 0.6 is 11.8 Å². The van der Waals surface area contributed by atoms with E-state index in [1.807, 2.05) is 0 Å². The van der Waals surface area contributed by atoms with Gasteiger partial charge < -0.3 is 9.47 Å². The molecule has 0 unspecified atom stereocenters. The van der Waals surface area contributed by atoms with Gasteiger partial charge in [0.25, 0.3) is 0 Å². The molecule has 1 amide bonds. The Morgan fingerprint density at radius 1 is 1.27 bits per heavy atom. The molecule has 15 heavy (non-hydrogen) atoms. The molecule has 0 spiro atoms. The fraction of sp³-hybridized carbons (Fsp3) is 0.900. The van der Waals surface area contributed by atoms with Crippen molar-refractivity contribution in [1.29, 1.82) is 0 Å². The third kappa shape index (κ3) is 9.97. The minimum atomic E-state index is -0.143. The smallest absolute Gasteiger partial charge is 0.233 e. The predicted octanol–water partition coefficient (Wildman–Crippen LogP) is 2.17. The third-order valence-electron chi connectivity index (χ3n) is 1.79. The summed E-state index contributed by atoms with van der Waals surface area (Å²) < 4.78 is 11.5. The molecule has 0 saturated heterocycles. The number of hydrogen-bond donors (Lipinski definition) is 0. The molecule has 0 heterocycles. The van der Waals surface area contributed by atoms with E-state index in [1.54, 1.807) is 0 Å². The molecule has 0 aromatic carbocycles. The molecule has 0 aliphatic carbocycles. The highest BCUT2D eigenvalue weighted by molar-refractivity contribution is 6.20. The van der Waals surface area contributed by atoms with Gasteiger partial charge in [0.05, 0.1) is 6.61 Å². The number of halogens is 1. The molecule has 0 aliphatic rings. The molecule has 0 saturated carbocycles. The number of carbonyl (C=O) groups excluding carboxylic acids is 1.